The van der Waals surface area contributed by atoms with E-state index in [0.29, 0.717) is 11.4 Å². The van der Waals surface area contributed by atoms with Gasteiger partial charge in [0, 0.05) is 12.4 Å². The molecular formula is C14H18ClNO3S. The molecule has 4 nitrogen and oxygen atoms in total. The van der Waals surface area contributed by atoms with Gasteiger partial charge in [-0.2, -0.15) is 0 Å². The number of thioether (sulfide) groups is 1. The average Bonchev–Trinajstić information content (AvgIpc) is 2.45. The number of benzene rings is 1. The van der Waals surface area contributed by atoms with Crippen molar-refractivity contribution in [2.24, 2.45) is 0 Å². The van der Waals surface area contributed by atoms with Gasteiger partial charge in [-0.15, -0.1) is 11.8 Å². The van der Waals surface area contributed by atoms with Crippen LogP contribution in [-0.2, 0) is 9.53 Å². The van der Waals surface area contributed by atoms with E-state index in [1.54, 1.807) is 30.0 Å². The van der Waals surface area contributed by atoms with E-state index in [9.17, 15) is 9.90 Å². The summed E-state index contributed by atoms with van der Waals surface area (Å²) in [6.07, 6.45) is 3.67. The Balaban J connectivity index is 1.73. The molecule has 1 unspecified atom stereocenters. The van der Waals surface area contributed by atoms with E-state index >= 15 is 0 Å². The van der Waals surface area contributed by atoms with Gasteiger partial charge in [0.15, 0.2) is 5.75 Å². The Morgan fingerprint density at radius 3 is 3.10 bits per heavy atom. The summed E-state index contributed by atoms with van der Waals surface area (Å²) in [5.74, 6) is 0.923. The predicted octanol–water partition coefficient (Wildman–Crippen LogP) is 3.29. The Kier molecular flexibility index (Phi) is 6.01. The van der Waals surface area contributed by atoms with Gasteiger partial charge in [0.2, 0.25) is 5.91 Å². The number of anilines is 1. The zero-order valence-corrected chi connectivity index (χ0v) is 12.7. The topological polar surface area (TPSA) is 58.6 Å². The number of halogens is 1. The molecule has 0 aliphatic carbocycles. The number of hydrogen-bond acceptors (Lipinski definition) is 4. The van der Waals surface area contributed by atoms with Gasteiger partial charge in [0.05, 0.1) is 22.6 Å². The predicted molar refractivity (Wildman–Crippen MR) is 82.7 cm³/mol. The van der Waals surface area contributed by atoms with Crippen molar-refractivity contribution in [3.05, 3.63) is 23.2 Å². The van der Waals surface area contributed by atoms with E-state index in [1.165, 1.54) is 6.42 Å². The molecule has 20 heavy (non-hydrogen) atoms. The Morgan fingerprint density at radius 2 is 2.35 bits per heavy atom. The summed E-state index contributed by atoms with van der Waals surface area (Å²) in [6.45, 7) is 0.827. The molecule has 110 valence electrons. The van der Waals surface area contributed by atoms with Crippen molar-refractivity contribution >= 4 is 35.0 Å². The van der Waals surface area contributed by atoms with Crippen molar-refractivity contribution in [3.8, 4) is 5.75 Å². The van der Waals surface area contributed by atoms with E-state index in [2.05, 4.69) is 5.32 Å². The number of phenolic OH excluding ortho intramolecular Hbond substituents is 1. The second-order valence-corrected chi connectivity index (χ2v) is 6.13. The van der Waals surface area contributed by atoms with Gasteiger partial charge >= 0.3 is 0 Å². The maximum absolute atomic E-state index is 11.8. The molecule has 1 saturated heterocycles. The Labute approximate surface area is 127 Å². The summed E-state index contributed by atoms with van der Waals surface area (Å²) in [5, 5.41) is 12.6. The van der Waals surface area contributed by atoms with Gasteiger partial charge in [0.1, 0.15) is 0 Å². The maximum Gasteiger partial charge on any atom is 0.234 e. The Bertz CT molecular complexity index is 464. The van der Waals surface area contributed by atoms with Gasteiger partial charge in [-0.25, -0.2) is 0 Å². The zero-order chi connectivity index (χ0) is 14.4. The van der Waals surface area contributed by atoms with Crippen LogP contribution in [0.4, 0.5) is 5.69 Å². The summed E-state index contributed by atoms with van der Waals surface area (Å²) in [7, 11) is 0. The normalized spacial score (nSPS) is 18.8. The van der Waals surface area contributed by atoms with Crippen LogP contribution in [-0.4, -0.2) is 35.2 Å². The van der Waals surface area contributed by atoms with Gasteiger partial charge in [-0.3, -0.25) is 4.79 Å². The molecule has 0 bridgehead atoms. The molecule has 0 radical (unpaired) electrons. The standard InChI is InChI=1S/C14H18ClNO3S/c15-11-5-3-6-12(14(11)18)16-13(17)9-20-8-10-4-1-2-7-19-10/h3,5-6,10,18H,1-2,4,7-9H2,(H,16,17). The lowest BCUT2D eigenvalue weighted by atomic mass is 10.1. The minimum absolute atomic E-state index is 0.0943. The molecule has 1 fully saturated rings. The van der Waals surface area contributed by atoms with Crippen molar-refractivity contribution in [1.82, 2.24) is 0 Å². The second kappa shape index (κ2) is 7.76. The summed E-state index contributed by atoms with van der Waals surface area (Å²) in [4.78, 5) is 11.8. The van der Waals surface area contributed by atoms with Gasteiger partial charge in [0.25, 0.3) is 0 Å². The molecule has 1 aliphatic rings. The fourth-order valence-corrected chi connectivity index (χ4v) is 3.10. The SMILES string of the molecule is O=C(CSCC1CCCCO1)Nc1cccc(Cl)c1O. The summed E-state index contributed by atoms with van der Waals surface area (Å²) in [5.41, 5.74) is 0.344. The van der Waals surface area contributed by atoms with Crippen molar-refractivity contribution in [3.63, 3.8) is 0 Å². The first-order chi connectivity index (χ1) is 9.66. The minimum Gasteiger partial charge on any atom is -0.504 e. The number of carbonyl (C=O) groups is 1. The number of aromatic hydroxyl groups is 1. The molecule has 2 N–H and O–H groups in total. The van der Waals surface area contributed by atoms with Crippen LogP contribution in [0.15, 0.2) is 18.2 Å². The maximum atomic E-state index is 11.8. The van der Waals surface area contributed by atoms with E-state index in [4.69, 9.17) is 16.3 Å². The third-order valence-electron chi connectivity index (χ3n) is 3.07. The molecule has 1 aromatic carbocycles. The van der Waals surface area contributed by atoms with E-state index in [0.717, 1.165) is 25.2 Å². The van der Waals surface area contributed by atoms with Crippen LogP contribution in [0.5, 0.6) is 5.75 Å². The number of ether oxygens (including phenoxy) is 1. The molecule has 0 spiro atoms. The number of para-hydroxylation sites is 1. The van der Waals surface area contributed by atoms with Gasteiger partial charge < -0.3 is 15.2 Å². The lowest BCUT2D eigenvalue weighted by Crippen LogP contribution is -2.23. The van der Waals surface area contributed by atoms with Crippen molar-refractivity contribution < 1.29 is 14.6 Å². The van der Waals surface area contributed by atoms with Crippen LogP contribution in [0.25, 0.3) is 0 Å². The largest absolute Gasteiger partial charge is 0.504 e. The Hall–Kier alpha value is -0.910. The third-order valence-corrected chi connectivity index (χ3v) is 4.45. The lowest BCUT2D eigenvalue weighted by Gasteiger charge is -2.21. The van der Waals surface area contributed by atoms with E-state index in [-0.39, 0.29) is 22.8 Å². The summed E-state index contributed by atoms with van der Waals surface area (Å²) in [6, 6.07) is 4.87. The highest BCUT2D eigenvalue weighted by Crippen LogP contribution is 2.31. The lowest BCUT2D eigenvalue weighted by molar-refractivity contribution is -0.113. The first kappa shape index (κ1) is 15.5. The van der Waals surface area contributed by atoms with Crippen LogP contribution in [0.3, 0.4) is 0 Å². The average molecular weight is 316 g/mol. The highest BCUT2D eigenvalue weighted by atomic mass is 35.5. The highest BCUT2D eigenvalue weighted by molar-refractivity contribution is 8.00. The number of rotatable bonds is 5. The minimum atomic E-state index is -0.150. The van der Waals surface area contributed by atoms with Crippen LogP contribution in [0.1, 0.15) is 19.3 Å². The number of phenols is 1. The first-order valence-corrected chi connectivity index (χ1v) is 8.17. The Morgan fingerprint density at radius 1 is 1.50 bits per heavy atom. The van der Waals surface area contributed by atoms with Gasteiger partial charge in [-0.1, -0.05) is 17.7 Å². The third kappa shape index (κ3) is 4.58. The summed E-state index contributed by atoms with van der Waals surface area (Å²) < 4.78 is 5.60. The second-order valence-electron chi connectivity index (χ2n) is 4.69. The van der Waals surface area contributed by atoms with Crippen molar-refractivity contribution in [2.45, 2.75) is 25.4 Å². The highest BCUT2D eigenvalue weighted by Gasteiger charge is 2.15. The molecule has 6 heteroatoms. The van der Waals surface area contributed by atoms with Crippen LogP contribution in [0.2, 0.25) is 5.02 Å². The molecule has 0 saturated carbocycles. The molecule has 1 heterocycles. The molecule has 1 aromatic rings. The molecular weight excluding hydrogens is 298 g/mol. The molecule has 2 rings (SSSR count). The first-order valence-electron chi connectivity index (χ1n) is 6.63. The number of nitrogens with one attached hydrogen (secondary N) is 1. The fourth-order valence-electron chi connectivity index (χ4n) is 2.02. The van der Waals surface area contributed by atoms with Crippen molar-refractivity contribution in [1.29, 1.82) is 0 Å². The molecule has 1 atom stereocenters. The quantitative estimate of drug-likeness (QED) is 0.819. The van der Waals surface area contributed by atoms with Crippen LogP contribution >= 0.6 is 23.4 Å². The van der Waals surface area contributed by atoms with Crippen LogP contribution < -0.4 is 5.32 Å². The smallest absolute Gasteiger partial charge is 0.234 e. The number of carbonyl (C=O) groups excluding carboxylic acids is 1. The molecule has 0 aromatic heterocycles. The number of amides is 1. The number of hydrogen-bond donors (Lipinski definition) is 2. The monoisotopic (exact) mass is 315 g/mol. The van der Waals surface area contributed by atoms with E-state index < -0.39 is 0 Å². The fraction of sp³-hybridized carbons (Fsp3) is 0.500. The van der Waals surface area contributed by atoms with E-state index in [1.807, 2.05) is 0 Å². The van der Waals surface area contributed by atoms with Crippen molar-refractivity contribution in [2.75, 3.05) is 23.4 Å². The van der Waals surface area contributed by atoms with Crippen LogP contribution in [0, 0.1) is 0 Å². The molecule has 1 amide bonds. The zero-order valence-electron chi connectivity index (χ0n) is 11.1. The summed E-state index contributed by atoms with van der Waals surface area (Å²) >= 11 is 7.33. The molecule has 1 aliphatic heterocycles. The van der Waals surface area contributed by atoms with Gasteiger partial charge in [-0.05, 0) is 31.4 Å².